The van der Waals surface area contributed by atoms with Crippen molar-refractivity contribution >= 4 is 0 Å². The molecule has 1 aliphatic carbocycles. The van der Waals surface area contributed by atoms with Crippen LogP contribution in [0, 0.1) is 47.3 Å². The van der Waals surface area contributed by atoms with Gasteiger partial charge in [0.05, 0.1) is 0 Å². The van der Waals surface area contributed by atoms with Crippen molar-refractivity contribution in [1.29, 1.82) is 0 Å². The molecular formula is C28H56O2. The topological polar surface area (TPSA) is 40.5 Å². The van der Waals surface area contributed by atoms with Crippen molar-refractivity contribution in [2.24, 2.45) is 47.3 Å². The van der Waals surface area contributed by atoms with Crippen molar-refractivity contribution in [2.75, 3.05) is 13.2 Å². The largest absolute Gasteiger partial charge is 0.396 e. The van der Waals surface area contributed by atoms with Gasteiger partial charge in [-0.15, -0.1) is 0 Å². The van der Waals surface area contributed by atoms with Crippen LogP contribution in [-0.4, -0.2) is 23.4 Å². The standard InChI is InChI=1S/C28H56O2/c1-7-9-11-13-25-15-16-26(17-21(3)23(5)19-29)28(18-22(4)24(6)20-30)27(25)14-12-10-8-2/h21-30H,7-20H2,1-6H3. The highest BCUT2D eigenvalue weighted by atomic mass is 16.3. The van der Waals surface area contributed by atoms with E-state index in [4.69, 9.17) is 0 Å². The molecule has 0 aromatic rings. The van der Waals surface area contributed by atoms with Gasteiger partial charge in [-0.25, -0.2) is 0 Å². The Morgan fingerprint density at radius 1 is 0.600 bits per heavy atom. The zero-order valence-electron chi connectivity index (χ0n) is 21.4. The van der Waals surface area contributed by atoms with Crippen LogP contribution in [0.3, 0.4) is 0 Å². The van der Waals surface area contributed by atoms with Gasteiger partial charge in [0.25, 0.3) is 0 Å². The molecule has 0 radical (unpaired) electrons. The van der Waals surface area contributed by atoms with Gasteiger partial charge in [-0.2, -0.15) is 0 Å². The summed E-state index contributed by atoms with van der Waals surface area (Å²) in [5, 5.41) is 19.4. The lowest BCUT2D eigenvalue weighted by atomic mass is 9.59. The van der Waals surface area contributed by atoms with E-state index in [0.29, 0.717) is 36.9 Å². The van der Waals surface area contributed by atoms with Crippen molar-refractivity contribution < 1.29 is 10.2 Å². The lowest BCUT2D eigenvalue weighted by Crippen LogP contribution is -2.38. The van der Waals surface area contributed by atoms with Crippen molar-refractivity contribution in [3.63, 3.8) is 0 Å². The molecule has 2 N–H and O–H groups in total. The van der Waals surface area contributed by atoms with Gasteiger partial charge in [0.1, 0.15) is 0 Å². The summed E-state index contributed by atoms with van der Waals surface area (Å²) < 4.78 is 0. The molecule has 1 fully saturated rings. The number of hydrogen-bond donors (Lipinski definition) is 2. The highest BCUT2D eigenvalue weighted by molar-refractivity contribution is 4.90. The molecule has 0 aliphatic heterocycles. The average molecular weight is 425 g/mol. The van der Waals surface area contributed by atoms with E-state index in [1.165, 1.54) is 77.0 Å². The van der Waals surface area contributed by atoms with Crippen LogP contribution in [0.5, 0.6) is 0 Å². The zero-order chi connectivity index (χ0) is 22.5. The molecule has 2 nitrogen and oxygen atoms in total. The minimum atomic E-state index is 0.316. The van der Waals surface area contributed by atoms with E-state index in [-0.39, 0.29) is 0 Å². The fourth-order valence-corrected chi connectivity index (χ4v) is 6.04. The average Bonchev–Trinajstić information content (AvgIpc) is 2.75. The van der Waals surface area contributed by atoms with Crippen molar-refractivity contribution in [2.45, 2.75) is 119 Å². The summed E-state index contributed by atoms with van der Waals surface area (Å²) in [5.41, 5.74) is 0. The van der Waals surface area contributed by atoms with Gasteiger partial charge in [-0.3, -0.25) is 0 Å². The second kappa shape index (κ2) is 15.7. The Kier molecular flexibility index (Phi) is 14.6. The first-order valence-electron chi connectivity index (χ1n) is 13.6. The lowest BCUT2D eigenvalue weighted by molar-refractivity contribution is 0.0283. The van der Waals surface area contributed by atoms with E-state index in [0.717, 1.165) is 23.7 Å². The second-order valence-electron chi connectivity index (χ2n) is 11.2. The van der Waals surface area contributed by atoms with Crippen LogP contribution >= 0.6 is 0 Å². The van der Waals surface area contributed by atoms with Gasteiger partial charge in [-0.1, -0.05) is 86.5 Å². The van der Waals surface area contributed by atoms with Gasteiger partial charge < -0.3 is 10.2 Å². The van der Waals surface area contributed by atoms with Crippen molar-refractivity contribution in [3.05, 3.63) is 0 Å². The SMILES string of the molecule is CCCCCC1CCC(CC(C)C(C)CO)C(CC(C)C(C)CO)C1CCCCC. The quantitative estimate of drug-likeness (QED) is 0.249. The molecule has 1 aliphatic rings. The minimum absolute atomic E-state index is 0.316. The maximum atomic E-state index is 9.76. The van der Waals surface area contributed by atoms with Crippen molar-refractivity contribution in [3.8, 4) is 0 Å². The molecule has 0 spiro atoms. The predicted molar refractivity (Wildman–Crippen MR) is 132 cm³/mol. The third kappa shape index (κ3) is 9.19. The maximum absolute atomic E-state index is 9.76. The summed E-state index contributed by atoms with van der Waals surface area (Å²) in [6.45, 7) is 14.4. The minimum Gasteiger partial charge on any atom is -0.396 e. The fraction of sp³-hybridized carbons (Fsp3) is 1.00. The Bertz CT molecular complexity index is 409. The molecule has 0 aromatic carbocycles. The van der Waals surface area contributed by atoms with Crippen LogP contribution in [0.2, 0.25) is 0 Å². The van der Waals surface area contributed by atoms with Gasteiger partial charge in [0, 0.05) is 13.2 Å². The van der Waals surface area contributed by atoms with Gasteiger partial charge in [-0.05, 0) is 79.4 Å². The number of aliphatic hydroxyl groups excluding tert-OH is 2. The van der Waals surface area contributed by atoms with E-state index in [1.54, 1.807) is 0 Å². The maximum Gasteiger partial charge on any atom is 0.0459 e. The Morgan fingerprint density at radius 2 is 1.10 bits per heavy atom. The van der Waals surface area contributed by atoms with E-state index < -0.39 is 0 Å². The highest BCUT2D eigenvalue weighted by Crippen LogP contribution is 2.49. The molecule has 8 atom stereocenters. The highest BCUT2D eigenvalue weighted by Gasteiger charge is 2.40. The molecule has 0 heterocycles. The zero-order valence-corrected chi connectivity index (χ0v) is 21.4. The number of rotatable bonds is 16. The molecule has 8 unspecified atom stereocenters. The van der Waals surface area contributed by atoms with Crippen LogP contribution in [0.1, 0.15) is 119 Å². The molecule has 2 heteroatoms. The Labute approximate surface area is 189 Å². The van der Waals surface area contributed by atoms with E-state index >= 15 is 0 Å². The predicted octanol–water partition coefficient (Wildman–Crippen LogP) is 7.71. The number of hydrogen-bond acceptors (Lipinski definition) is 2. The van der Waals surface area contributed by atoms with Crippen LogP contribution in [-0.2, 0) is 0 Å². The lowest BCUT2D eigenvalue weighted by Gasteiger charge is -2.46. The van der Waals surface area contributed by atoms with E-state index in [2.05, 4.69) is 41.5 Å². The monoisotopic (exact) mass is 424 g/mol. The molecule has 0 amide bonds. The first-order valence-corrected chi connectivity index (χ1v) is 13.6. The van der Waals surface area contributed by atoms with Gasteiger partial charge in [0.15, 0.2) is 0 Å². The molecule has 1 saturated carbocycles. The Balaban J connectivity index is 3.02. The normalized spacial score (nSPS) is 28.8. The third-order valence-corrected chi connectivity index (χ3v) is 8.83. The summed E-state index contributed by atoms with van der Waals surface area (Å²) in [6, 6.07) is 0. The Morgan fingerprint density at radius 3 is 1.63 bits per heavy atom. The summed E-state index contributed by atoms with van der Waals surface area (Å²) >= 11 is 0. The smallest absolute Gasteiger partial charge is 0.0459 e. The van der Waals surface area contributed by atoms with Gasteiger partial charge >= 0.3 is 0 Å². The molecule has 180 valence electrons. The second-order valence-corrected chi connectivity index (χ2v) is 11.2. The molecular weight excluding hydrogens is 368 g/mol. The fourth-order valence-electron chi connectivity index (χ4n) is 6.04. The van der Waals surface area contributed by atoms with Gasteiger partial charge in [0.2, 0.25) is 0 Å². The molecule has 0 bridgehead atoms. The molecule has 0 saturated heterocycles. The van der Waals surface area contributed by atoms with E-state index in [1.807, 2.05) is 0 Å². The van der Waals surface area contributed by atoms with Crippen LogP contribution < -0.4 is 0 Å². The first kappa shape index (κ1) is 28.0. The number of aliphatic hydroxyl groups is 2. The summed E-state index contributed by atoms with van der Waals surface area (Å²) in [6.07, 6.45) is 16.4. The Hall–Kier alpha value is -0.0800. The van der Waals surface area contributed by atoms with Crippen LogP contribution in [0.25, 0.3) is 0 Å². The van der Waals surface area contributed by atoms with Crippen LogP contribution in [0.15, 0.2) is 0 Å². The van der Waals surface area contributed by atoms with Crippen LogP contribution in [0.4, 0.5) is 0 Å². The number of unbranched alkanes of at least 4 members (excludes halogenated alkanes) is 4. The molecule has 1 rings (SSSR count). The molecule has 30 heavy (non-hydrogen) atoms. The first-order chi connectivity index (χ1) is 14.4. The van der Waals surface area contributed by atoms with Crippen molar-refractivity contribution in [1.82, 2.24) is 0 Å². The summed E-state index contributed by atoms with van der Waals surface area (Å²) in [4.78, 5) is 0. The molecule has 0 aromatic heterocycles. The summed E-state index contributed by atoms with van der Waals surface area (Å²) in [7, 11) is 0. The van der Waals surface area contributed by atoms with E-state index in [9.17, 15) is 10.2 Å². The third-order valence-electron chi connectivity index (χ3n) is 8.83. The summed E-state index contributed by atoms with van der Waals surface area (Å²) in [5.74, 6) is 5.39.